The van der Waals surface area contributed by atoms with Crippen LogP contribution < -0.4 is 9.47 Å². The van der Waals surface area contributed by atoms with Crippen molar-refractivity contribution < 1.29 is 31.4 Å². The van der Waals surface area contributed by atoms with Crippen LogP contribution >= 0.6 is 0 Å². The topological polar surface area (TPSA) is 18.5 Å². The van der Waals surface area contributed by atoms with Crippen molar-refractivity contribution in [2.45, 2.75) is 64.7 Å². The summed E-state index contributed by atoms with van der Waals surface area (Å²) in [4.78, 5) is 0. The van der Waals surface area contributed by atoms with Gasteiger partial charge in [0, 0.05) is 5.56 Å². The maximum atomic E-state index is 14.7. The van der Waals surface area contributed by atoms with Crippen LogP contribution in [0.4, 0.5) is 22.0 Å². The molecular formula is C29H29F5O2. The van der Waals surface area contributed by atoms with Crippen LogP contribution in [-0.4, -0.2) is 6.36 Å². The molecule has 0 N–H and O–H groups in total. The van der Waals surface area contributed by atoms with Crippen molar-refractivity contribution in [2.75, 3.05) is 0 Å². The summed E-state index contributed by atoms with van der Waals surface area (Å²) < 4.78 is 75.7. The quantitative estimate of drug-likeness (QED) is 0.298. The van der Waals surface area contributed by atoms with Gasteiger partial charge in [-0.1, -0.05) is 44.0 Å². The molecule has 3 aromatic rings. The van der Waals surface area contributed by atoms with Gasteiger partial charge in [-0.25, -0.2) is 4.39 Å². The summed E-state index contributed by atoms with van der Waals surface area (Å²) in [6.07, 6.45) is 2.50. The molecule has 0 bridgehead atoms. The van der Waals surface area contributed by atoms with Gasteiger partial charge in [-0.2, -0.15) is 4.39 Å². The molecule has 1 aliphatic carbocycles. The van der Waals surface area contributed by atoms with Gasteiger partial charge in [-0.3, -0.25) is 0 Å². The van der Waals surface area contributed by atoms with Crippen LogP contribution in [0.1, 0.15) is 62.5 Å². The third kappa shape index (κ3) is 6.18. The van der Waals surface area contributed by atoms with Crippen molar-refractivity contribution in [3.05, 3.63) is 77.4 Å². The Morgan fingerprint density at radius 1 is 0.861 bits per heavy atom. The molecule has 0 heterocycles. The molecule has 0 spiro atoms. The maximum absolute atomic E-state index is 14.7. The molecule has 7 heteroatoms. The average Bonchev–Trinajstić information content (AvgIpc) is 2.85. The van der Waals surface area contributed by atoms with Crippen LogP contribution in [0.3, 0.4) is 0 Å². The van der Waals surface area contributed by atoms with Crippen molar-refractivity contribution in [2.24, 2.45) is 5.92 Å². The fourth-order valence-electron chi connectivity index (χ4n) is 5.07. The first kappa shape index (κ1) is 26.0. The van der Waals surface area contributed by atoms with Gasteiger partial charge in [0.25, 0.3) is 0 Å². The SMILES string of the molecule is CCCC1CCC(c2ccc(-c3cc(F)c(F)c(Oc4ccc(OC(F)(F)F)cc4)c3C)cc2)CC1. The largest absolute Gasteiger partial charge is 0.573 e. The number of hydrogen-bond donors (Lipinski definition) is 0. The third-order valence-corrected chi connectivity index (χ3v) is 6.94. The number of alkyl halides is 3. The lowest BCUT2D eigenvalue weighted by Gasteiger charge is -2.28. The zero-order valence-electron chi connectivity index (χ0n) is 20.3. The Morgan fingerprint density at radius 2 is 1.47 bits per heavy atom. The highest BCUT2D eigenvalue weighted by atomic mass is 19.4. The molecule has 0 radical (unpaired) electrons. The number of hydrogen-bond acceptors (Lipinski definition) is 2. The van der Waals surface area contributed by atoms with Crippen LogP contribution in [0, 0.1) is 24.5 Å². The summed E-state index contributed by atoms with van der Waals surface area (Å²) >= 11 is 0. The van der Waals surface area contributed by atoms with Crippen LogP contribution in [0.25, 0.3) is 11.1 Å². The molecule has 0 atom stereocenters. The normalized spacial score (nSPS) is 18.2. The van der Waals surface area contributed by atoms with E-state index in [9.17, 15) is 22.0 Å². The number of ether oxygens (including phenoxy) is 2. The molecule has 192 valence electrons. The van der Waals surface area contributed by atoms with Gasteiger partial charge in [0.1, 0.15) is 11.5 Å². The Morgan fingerprint density at radius 3 is 2.06 bits per heavy atom. The first-order valence-electron chi connectivity index (χ1n) is 12.3. The summed E-state index contributed by atoms with van der Waals surface area (Å²) in [6.45, 7) is 3.85. The van der Waals surface area contributed by atoms with Gasteiger partial charge >= 0.3 is 6.36 Å². The average molecular weight is 505 g/mol. The molecule has 2 nitrogen and oxygen atoms in total. The molecule has 0 saturated heterocycles. The van der Waals surface area contributed by atoms with Gasteiger partial charge in [0.15, 0.2) is 11.6 Å². The van der Waals surface area contributed by atoms with Gasteiger partial charge < -0.3 is 9.47 Å². The highest BCUT2D eigenvalue weighted by Gasteiger charge is 2.31. The van der Waals surface area contributed by atoms with Crippen molar-refractivity contribution in [3.8, 4) is 28.4 Å². The third-order valence-electron chi connectivity index (χ3n) is 6.94. The molecular weight excluding hydrogens is 475 g/mol. The first-order chi connectivity index (χ1) is 17.1. The first-order valence-corrected chi connectivity index (χ1v) is 12.3. The molecule has 36 heavy (non-hydrogen) atoms. The monoisotopic (exact) mass is 504 g/mol. The van der Waals surface area contributed by atoms with E-state index in [2.05, 4.69) is 23.8 Å². The summed E-state index contributed by atoms with van der Waals surface area (Å²) in [5, 5.41) is 0. The van der Waals surface area contributed by atoms with Crippen molar-refractivity contribution in [3.63, 3.8) is 0 Å². The zero-order chi connectivity index (χ0) is 25.9. The maximum Gasteiger partial charge on any atom is 0.573 e. The summed E-state index contributed by atoms with van der Waals surface area (Å²) in [6, 6.07) is 13.6. The lowest BCUT2D eigenvalue weighted by atomic mass is 9.77. The van der Waals surface area contributed by atoms with Crippen molar-refractivity contribution >= 4 is 0 Å². The summed E-state index contributed by atoms with van der Waals surface area (Å²) in [7, 11) is 0. The van der Waals surface area contributed by atoms with Crippen molar-refractivity contribution in [1.29, 1.82) is 0 Å². The van der Waals surface area contributed by atoms with Gasteiger partial charge in [0.2, 0.25) is 5.82 Å². The molecule has 1 aliphatic rings. The Balaban J connectivity index is 1.53. The second kappa shape index (κ2) is 10.9. The van der Waals surface area contributed by atoms with Gasteiger partial charge in [-0.15, -0.1) is 13.2 Å². The smallest absolute Gasteiger partial charge is 0.454 e. The minimum atomic E-state index is -4.83. The van der Waals surface area contributed by atoms with Crippen LogP contribution in [-0.2, 0) is 0 Å². The van der Waals surface area contributed by atoms with E-state index < -0.39 is 23.7 Å². The van der Waals surface area contributed by atoms with E-state index in [1.807, 2.05) is 12.1 Å². The molecule has 0 amide bonds. The Labute approximate surface area is 208 Å². The standard InChI is InChI=1S/C29H29F5O2/c1-3-4-19-5-7-20(8-6-19)21-9-11-22(12-10-21)25-17-26(30)27(31)28(18(25)2)35-23-13-15-24(16-14-23)36-29(32,33)34/h9-17,19-20H,3-8H2,1-2H3. The van der Waals surface area contributed by atoms with E-state index in [-0.39, 0.29) is 11.5 Å². The summed E-state index contributed by atoms with van der Waals surface area (Å²) in [5.74, 6) is -1.59. The Bertz CT molecular complexity index is 1160. The van der Waals surface area contributed by atoms with Crippen LogP contribution in [0.2, 0.25) is 0 Å². The number of rotatable bonds is 7. The molecule has 3 aromatic carbocycles. The molecule has 0 aliphatic heterocycles. The predicted molar refractivity (Wildman–Crippen MR) is 129 cm³/mol. The molecule has 0 aromatic heterocycles. The lowest BCUT2D eigenvalue weighted by Crippen LogP contribution is -2.16. The van der Waals surface area contributed by atoms with E-state index in [0.717, 1.165) is 29.7 Å². The molecule has 1 fully saturated rings. The highest BCUT2D eigenvalue weighted by molar-refractivity contribution is 5.70. The second-order valence-corrected chi connectivity index (χ2v) is 9.42. The van der Waals surface area contributed by atoms with E-state index in [1.165, 1.54) is 56.2 Å². The van der Waals surface area contributed by atoms with Crippen LogP contribution in [0.15, 0.2) is 54.6 Å². The molecule has 1 saturated carbocycles. The number of halogens is 5. The van der Waals surface area contributed by atoms with Gasteiger partial charge in [-0.05, 0) is 91.5 Å². The molecule has 0 unspecified atom stereocenters. The summed E-state index contributed by atoms with van der Waals surface area (Å²) in [5.41, 5.74) is 2.86. The van der Waals surface area contributed by atoms with E-state index >= 15 is 0 Å². The zero-order valence-corrected chi connectivity index (χ0v) is 20.3. The molecule has 4 rings (SSSR count). The minimum Gasteiger partial charge on any atom is -0.454 e. The van der Waals surface area contributed by atoms with Gasteiger partial charge in [0.05, 0.1) is 0 Å². The minimum absolute atomic E-state index is 0.0529. The fraction of sp³-hybridized carbons (Fsp3) is 0.379. The van der Waals surface area contributed by atoms with Crippen molar-refractivity contribution in [1.82, 2.24) is 0 Å². The number of benzene rings is 3. The predicted octanol–water partition coefficient (Wildman–Crippen LogP) is 9.71. The van der Waals surface area contributed by atoms with E-state index in [4.69, 9.17) is 4.74 Å². The fourth-order valence-corrected chi connectivity index (χ4v) is 5.07. The van der Waals surface area contributed by atoms with E-state index in [0.29, 0.717) is 17.0 Å². The second-order valence-electron chi connectivity index (χ2n) is 9.42. The van der Waals surface area contributed by atoms with E-state index in [1.54, 1.807) is 6.92 Å². The van der Waals surface area contributed by atoms with Crippen LogP contribution in [0.5, 0.6) is 17.2 Å². The Kier molecular flexibility index (Phi) is 7.86. The Hall–Kier alpha value is -3.09. The lowest BCUT2D eigenvalue weighted by molar-refractivity contribution is -0.274. The highest BCUT2D eigenvalue weighted by Crippen LogP contribution is 2.40.